The van der Waals surface area contributed by atoms with E-state index in [9.17, 15) is 0 Å². The van der Waals surface area contributed by atoms with Crippen LogP contribution >= 0.6 is 0 Å². The predicted molar refractivity (Wildman–Crippen MR) is 96.1 cm³/mol. The highest BCUT2D eigenvalue weighted by Crippen LogP contribution is 2.40. The molecule has 7 nitrogen and oxygen atoms in total. The van der Waals surface area contributed by atoms with E-state index in [4.69, 9.17) is 9.15 Å². The van der Waals surface area contributed by atoms with E-state index in [0.717, 1.165) is 36.1 Å². The third-order valence-corrected chi connectivity index (χ3v) is 4.63. The molecule has 0 unspecified atom stereocenters. The molecule has 7 heteroatoms. The molecule has 0 bridgehead atoms. The molecule has 1 fully saturated rings. The van der Waals surface area contributed by atoms with Crippen LogP contribution in [-0.2, 0) is 11.8 Å². The summed E-state index contributed by atoms with van der Waals surface area (Å²) < 4.78 is 13.7. The van der Waals surface area contributed by atoms with Crippen molar-refractivity contribution in [2.24, 2.45) is 7.05 Å². The molecule has 1 saturated heterocycles. The Balaban J connectivity index is 1.55. The molecule has 0 aliphatic carbocycles. The van der Waals surface area contributed by atoms with E-state index >= 15 is 0 Å². The second-order valence-electron chi connectivity index (χ2n) is 6.53. The molecular weight excluding hydrogens is 330 g/mol. The first-order valence-corrected chi connectivity index (χ1v) is 8.73. The highest BCUT2D eigenvalue weighted by atomic mass is 16.5. The second-order valence-corrected chi connectivity index (χ2v) is 6.53. The van der Waals surface area contributed by atoms with Crippen molar-refractivity contribution < 1.29 is 9.15 Å². The Morgan fingerprint density at radius 3 is 2.96 bits per heavy atom. The minimum Gasteiger partial charge on any atom is -0.421 e. The lowest BCUT2D eigenvalue weighted by Gasteiger charge is -2.28. The summed E-state index contributed by atoms with van der Waals surface area (Å²) in [6.45, 7) is 2.77. The SMILES string of the molecule is Cc1ccncc1/C=C/c1nnc([C@@H]2CCCO[C@H]2c2cnn(C)c2)o1. The largest absolute Gasteiger partial charge is 0.421 e. The summed E-state index contributed by atoms with van der Waals surface area (Å²) in [5.41, 5.74) is 3.22. The van der Waals surface area contributed by atoms with Gasteiger partial charge in [0.1, 0.15) is 0 Å². The van der Waals surface area contributed by atoms with Gasteiger partial charge in [0, 0.05) is 43.9 Å². The van der Waals surface area contributed by atoms with Crippen LogP contribution in [0.4, 0.5) is 0 Å². The summed E-state index contributed by atoms with van der Waals surface area (Å²) in [6, 6.07) is 1.97. The van der Waals surface area contributed by atoms with Crippen LogP contribution in [0.1, 0.15) is 53.3 Å². The number of hydrogen-bond acceptors (Lipinski definition) is 6. The summed E-state index contributed by atoms with van der Waals surface area (Å²) in [5.74, 6) is 1.14. The first-order valence-electron chi connectivity index (χ1n) is 8.73. The van der Waals surface area contributed by atoms with Crippen molar-refractivity contribution >= 4 is 12.2 Å². The van der Waals surface area contributed by atoms with Gasteiger partial charge < -0.3 is 9.15 Å². The van der Waals surface area contributed by atoms with Crippen LogP contribution in [0.5, 0.6) is 0 Å². The monoisotopic (exact) mass is 351 g/mol. The van der Waals surface area contributed by atoms with E-state index in [1.165, 1.54) is 0 Å². The van der Waals surface area contributed by atoms with Gasteiger partial charge >= 0.3 is 0 Å². The average Bonchev–Trinajstić information content (AvgIpc) is 3.30. The molecule has 134 valence electrons. The van der Waals surface area contributed by atoms with E-state index in [0.29, 0.717) is 11.8 Å². The third kappa shape index (κ3) is 3.43. The van der Waals surface area contributed by atoms with E-state index in [1.54, 1.807) is 10.9 Å². The predicted octanol–water partition coefficient (Wildman–Crippen LogP) is 3.31. The molecule has 1 aliphatic rings. The van der Waals surface area contributed by atoms with Gasteiger partial charge in [0.15, 0.2) is 0 Å². The number of pyridine rings is 1. The maximum absolute atomic E-state index is 5.99. The molecule has 3 aromatic rings. The van der Waals surface area contributed by atoms with Gasteiger partial charge in [-0.2, -0.15) is 5.10 Å². The van der Waals surface area contributed by atoms with E-state index < -0.39 is 0 Å². The van der Waals surface area contributed by atoms with Gasteiger partial charge in [0.25, 0.3) is 0 Å². The fraction of sp³-hybridized carbons (Fsp3) is 0.368. The molecule has 26 heavy (non-hydrogen) atoms. The van der Waals surface area contributed by atoms with Crippen molar-refractivity contribution in [3.63, 3.8) is 0 Å². The van der Waals surface area contributed by atoms with Crippen LogP contribution in [-0.4, -0.2) is 31.6 Å². The first kappa shape index (κ1) is 16.7. The third-order valence-electron chi connectivity index (χ3n) is 4.63. The number of rotatable bonds is 4. The summed E-state index contributed by atoms with van der Waals surface area (Å²) in [6.07, 6.45) is 13.0. The molecular formula is C19H21N5O2. The van der Waals surface area contributed by atoms with Crippen LogP contribution in [0.2, 0.25) is 0 Å². The van der Waals surface area contributed by atoms with Crippen molar-refractivity contribution in [3.05, 3.63) is 59.3 Å². The van der Waals surface area contributed by atoms with Crippen molar-refractivity contribution in [3.8, 4) is 0 Å². The molecule has 3 aromatic heterocycles. The molecule has 0 amide bonds. The van der Waals surface area contributed by atoms with Crippen LogP contribution in [0.25, 0.3) is 12.2 Å². The fourth-order valence-corrected chi connectivity index (χ4v) is 3.23. The average molecular weight is 351 g/mol. The number of hydrogen-bond donors (Lipinski definition) is 0. The zero-order valence-electron chi connectivity index (χ0n) is 14.9. The van der Waals surface area contributed by atoms with Crippen molar-refractivity contribution in [2.45, 2.75) is 31.8 Å². The van der Waals surface area contributed by atoms with E-state index in [-0.39, 0.29) is 12.0 Å². The van der Waals surface area contributed by atoms with Gasteiger partial charge in [-0.25, -0.2) is 0 Å². The minimum absolute atomic E-state index is 0.0442. The lowest BCUT2D eigenvalue weighted by atomic mass is 9.91. The molecule has 4 heterocycles. The van der Waals surface area contributed by atoms with E-state index in [1.807, 2.05) is 50.8 Å². The summed E-state index contributed by atoms with van der Waals surface area (Å²) in [4.78, 5) is 4.14. The van der Waals surface area contributed by atoms with Crippen LogP contribution in [0, 0.1) is 6.92 Å². The Morgan fingerprint density at radius 2 is 2.15 bits per heavy atom. The maximum Gasteiger partial charge on any atom is 0.240 e. The molecule has 0 saturated carbocycles. The maximum atomic E-state index is 5.99. The van der Waals surface area contributed by atoms with Crippen molar-refractivity contribution in [1.29, 1.82) is 0 Å². The van der Waals surface area contributed by atoms with Gasteiger partial charge in [0.05, 0.1) is 18.2 Å². The smallest absolute Gasteiger partial charge is 0.240 e. The van der Waals surface area contributed by atoms with Gasteiger partial charge in [-0.05, 0) is 43.0 Å². The molecule has 0 N–H and O–H groups in total. The molecule has 4 rings (SSSR count). The van der Waals surface area contributed by atoms with Crippen LogP contribution in [0.3, 0.4) is 0 Å². The lowest BCUT2D eigenvalue weighted by molar-refractivity contribution is -0.00908. The number of aromatic nitrogens is 5. The van der Waals surface area contributed by atoms with Crippen LogP contribution in [0.15, 0.2) is 35.3 Å². The van der Waals surface area contributed by atoms with Crippen molar-refractivity contribution in [2.75, 3.05) is 6.61 Å². The van der Waals surface area contributed by atoms with Crippen LogP contribution < -0.4 is 0 Å². The molecule has 1 aliphatic heterocycles. The highest BCUT2D eigenvalue weighted by Gasteiger charge is 2.33. The topological polar surface area (TPSA) is 78.9 Å². The molecule has 2 atom stereocenters. The fourth-order valence-electron chi connectivity index (χ4n) is 3.23. The number of aryl methyl sites for hydroxylation is 2. The Hall–Kier alpha value is -2.80. The summed E-state index contributed by atoms with van der Waals surface area (Å²) in [7, 11) is 1.90. The van der Waals surface area contributed by atoms with Gasteiger partial charge in [0.2, 0.25) is 11.8 Å². The lowest BCUT2D eigenvalue weighted by Crippen LogP contribution is -2.21. The molecule has 0 spiro atoms. The normalized spacial score (nSPS) is 20.7. The molecule has 0 radical (unpaired) electrons. The molecule has 0 aromatic carbocycles. The quantitative estimate of drug-likeness (QED) is 0.717. The zero-order valence-corrected chi connectivity index (χ0v) is 14.9. The Labute approximate surface area is 151 Å². The second kappa shape index (κ2) is 7.21. The summed E-state index contributed by atoms with van der Waals surface area (Å²) >= 11 is 0. The van der Waals surface area contributed by atoms with E-state index in [2.05, 4.69) is 20.3 Å². The van der Waals surface area contributed by atoms with Gasteiger partial charge in [-0.3, -0.25) is 9.67 Å². The number of nitrogens with zero attached hydrogens (tertiary/aromatic N) is 5. The first-order chi connectivity index (χ1) is 12.7. The van der Waals surface area contributed by atoms with Gasteiger partial charge in [-0.1, -0.05) is 0 Å². The Bertz CT molecular complexity index is 914. The summed E-state index contributed by atoms with van der Waals surface area (Å²) in [5, 5.41) is 12.7. The number of ether oxygens (including phenoxy) is 1. The minimum atomic E-state index is -0.102. The van der Waals surface area contributed by atoms with Gasteiger partial charge in [-0.15, -0.1) is 10.2 Å². The standard InChI is InChI=1S/C19H21N5O2/c1-13-7-8-20-10-14(13)5-6-17-22-23-19(26-17)16-4-3-9-25-18(16)15-11-21-24(2)12-15/h5-8,10-12,16,18H,3-4,9H2,1-2H3/b6-5+/t16-,18+/m1/s1. The zero-order chi connectivity index (χ0) is 17.9. The Kier molecular flexibility index (Phi) is 4.62. The van der Waals surface area contributed by atoms with Crippen molar-refractivity contribution in [1.82, 2.24) is 25.0 Å². The Morgan fingerprint density at radius 1 is 1.23 bits per heavy atom. The highest BCUT2D eigenvalue weighted by molar-refractivity contribution is 5.67.